The maximum absolute atomic E-state index is 13.4. The summed E-state index contributed by atoms with van der Waals surface area (Å²) in [6.07, 6.45) is 0. The molecule has 2 aromatic rings. The predicted molar refractivity (Wildman–Crippen MR) is 78.9 cm³/mol. The summed E-state index contributed by atoms with van der Waals surface area (Å²) in [5.74, 6) is -3.87. The van der Waals surface area contributed by atoms with Crippen molar-refractivity contribution in [3.8, 4) is 0 Å². The predicted octanol–water partition coefficient (Wildman–Crippen LogP) is 5.28. The minimum absolute atomic E-state index is 0.314. The number of rotatable bonds is 4. The maximum atomic E-state index is 13.4. The van der Waals surface area contributed by atoms with Gasteiger partial charge in [-0.05, 0) is 46.2 Å². The lowest BCUT2D eigenvalue weighted by Gasteiger charge is -2.17. The van der Waals surface area contributed by atoms with Crippen LogP contribution in [0, 0.1) is 17.5 Å². The summed E-state index contributed by atoms with van der Waals surface area (Å²) in [7, 11) is 0. The Labute approximate surface area is 131 Å². The van der Waals surface area contributed by atoms with Gasteiger partial charge in [0.1, 0.15) is 4.34 Å². The summed E-state index contributed by atoms with van der Waals surface area (Å²) in [5, 5.41) is 3.10. The Hall–Kier alpha value is -0.560. The van der Waals surface area contributed by atoms with Crippen LogP contribution >= 0.6 is 38.9 Å². The molecule has 0 aliphatic heterocycles. The molecule has 0 aliphatic carbocycles. The van der Waals surface area contributed by atoms with Crippen LogP contribution in [0.5, 0.6) is 0 Å². The van der Waals surface area contributed by atoms with Gasteiger partial charge in [0.15, 0.2) is 17.5 Å². The van der Waals surface area contributed by atoms with Crippen LogP contribution in [0.4, 0.5) is 13.2 Å². The Kier molecular flexibility index (Phi) is 5.12. The second kappa shape index (κ2) is 6.47. The molecule has 20 heavy (non-hydrogen) atoms. The molecule has 0 radical (unpaired) electrons. The van der Waals surface area contributed by atoms with Crippen molar-refractivity contribution in [1.29, 1.82) is 0 Å². The molecule has 0 amide bonds. The molecule has 0 saturated carbocycles. The van der Waals surface area contributed by atoms with Gasteiger partial charge < -0.3 is 5.32 Å². The second-order valence-electron chi connectivity index (χ2n) is 4.06. The minimum Gasteiger partial charge on any atom is -0.306 e. The molecule has 1 nitrogen and oxygen atoms in total. The van der Waals surface area contributed by atoms with Gasteiger partial charge in [-0.25, -0.2) is 13.2 Å². The fourth-order valence-corrected chi connectivity index (χ4v) is 3.67. The zero-order chi connectivity index (χ0) is 14.9. The summed E-state index contributed by atoms with van der Waals surface area (Å²) < 4.78 is 41.0. The molecule has 1 heterocycles. The van der Waals surface area contributed by atoms with Crippen molar-refractivity contribution in [1.82, 2.24) is 5.32 Å². The van der Waals surface area contributed by atoms with Crippen LogP contribution in [0.15, 0.2) is 22.7 Å². The molecule has 0 aliphatic rings. The van der Waals surface area contributed by atoms with Crippen LogP contribution < -0.4 is 5.32 Å². The summed E-state index contributed by atoms with van der Waals surface area (Å²) in [4.78, 5) is 0.786. The average Bonchev–Trinajstić information content (AvgIpc) is 2.72. The molecule has 0 saturated heterocycles. The largest absolute Gasteiger partial charge is 0.306 e. The van der Waals surface area contributed by atoms with E-state index in [0.717, 1.165) is 17.0 Å². The van der Waals surface area contributed by atoms with Crippen LogP contribution in [-0.2, 0) is 0 Å². The summed E-state index contributed by atoms with van der Waals surface area (Å²) >= 11 is 10.6. The van der Waals surface area contributed by atoms with Gasteiger partial charge in [0.2, 0.25) is 0 Å². The fraction of sp³-hybridized carbons (Fsp3) is 0.231. The molecule has 1 aromatic heterocycles. The highest BCUT2D eigenvalue weighted by Gasteiger charge is 2.21. The molecular weight excluding hydrogens is 375 g/mol. The monoisotopic (exact) mass is 383 g/mol. The molecule has 1 N–H and O–H groups in total. The van der Waals surface area contributed by atoms with Gasteiger partial charge >= 0.3 is 0 Å². The van der Waals surface area contributed by atoms with E-state index in [1.165, 1.54) is 11.3 Å². The molecule has 0 fully saturated rings. The Balaban J connectivity index is 2.48. The van der Waals surface area contributed by atoms with E-state index < -0.39 is 23.5 Å². The van der Waals surface area contributed by atoms with E-state index in [9.17, 15) is 13.2 Å². The third kappa shape index (κ3) is 3.19. The van der Waals surface area contributed by atoms with Crippen LogP contribution in [0.1, 0.15) is 23.4 Å². The first-order valence-electron chi connectivity index (χ1n) is 5.76. The van der Waals surface area contributed by atoms with Gasteiger partial charge in [0.25, 0.3) is 0 Å². The summed E-state index contributed by atoms with van der Waals surface area (Å²) in [6, 6.07) is 3.32. The number of benzene rings is 1. The highest BCUT2D eigenvalue weighted by molar-refractivity contribution is 9.10. The van der Waals surface area contributed by atoms with Crippen LogP contribution in [-0.4, -0.2) is 6.54 Å². The number of hydrogen-bond acceptors (Lipinski definition) is 2. The second-order valence-corrected chi connectivity index (χ2v) is 6.60. The van der Waals surface area contributed by atoms with Gasteiger partial charge in [-0.2, -0.15) is 0 Å². The summed E-state index contributed by atoms with van der Waals surface area (Å²) in [6.45, 7) is 2.45. The van der Waals surface area contributed by atoms with Crippen LogP contribution in [0.3, 0.4) is 0 Å². The number of halogens is 5. The molecular formula is C13H10BrClF3NS. The van der Waals surface area contributed by atoms with E-state index in [1.807, 2.05) is 6.92 Å². The van der Waals surface area contributed by atoms with E-state index >= 15 is 0 Å². The van der Waals surface area contributed by atoms with E-state index in [2.05, 4.69) is 21.2 Å². The van der Waals surface area contributed by atoms with E-state index in [0.29, 0.717) is 20.9 Å². The van der Waals surface area contributed by atoms with E-state index in [4.69, 9.17) is 11.6 Å². The number of nitrogens with one attached hydrogen (secondary N) is 1. The maximum Gasteiger partial charge on any atom is 0.194 e. The Morgan fingerprint density at radius 2 is 1.85 bits per heavy atom. The molecule has 108 valence electrons. The molecule has 2 rings (SSSR count). The lowest BCUT2D eigenvalue weighted by molar-refractivity contribution is 0.443. The summed E-state index contributed by atoms with van der Waals surface area (Å²) in [5.41, 5.74) is 0.314. The zero-order valence-corrected chi connectivity index (χ0v) is 13.5. The third-order valence-electron chi connectivity index (χ3n) is 2.70. The van der Waals surface area contributed by atoms with Crippen molar-refractivity contribution < 1.29 is 13.2 Å². The van der Waals surface area contributed by atoms with Crippen LogP contribution in [0.2, 0.25) is 4.34 Å². The highest BCUT2D eigenvalue weighted by atomic mass is 79.9. The van der Waals surface area contributed by atoms with E-state index in [1.54, 1.807) is 6.07 Å². The lowest BCUT2D eigenvalue weighted by atomic mass is 10.0. The van der Waals surface area contributed by atoms with Crippen molar-refractivity contribution in [2.24, 2.45) is 0 Å². The van der Waals surface area contributed by atoms with Gasteiger partial charge in [-0.1, -0.05) is 18.5 Å². The van der Waals surface area contributed by atoms with Crippen molar-refractivity contribution in [2.75, 3.05) is 6.54 Å². The highest BCUT2D eigenvalue weighted by Crippen LogP contribution is 2.37. The molecule has 1 aromatic carbocycles. The Morgan fingerprint density at radius 1 is 1.25 bits per heavy atom. The molecule has 0 spiro atoms. The van der Waals surface area contributed by atoms with Gasteiger partial charge in [0, 0.05) is 9.35 Å². The first-order chi connectivity index (χ1) is 9.43. The smallest absolute Gasteiger partial charge is 0.194 e. The van der Waals surface area contributed by atoms with Crippen molar-refractivity contribution in [3.05, 3.63) is 54.9 Å². The number of hydrogen-bond donors (Lipinski definition) is 1. The lowest BCUT2D eigenvalue weighted by Crippen LogP contribution is -2.21. The molecule has 1 atom stereocenters. The third-order valence-corrected chi connectivity index (χ3v) is 5.24. The molecule has 0 bridgehead atoms. The van der Waals surface area contributed by atoms with Crippen molar-refractivity contribution in [3.63, 3.8) is 0 Å². The SMILES string of the molecule is CCNC(c1cc(F)c(F)c(F)c1)c1cc(Br)c(Cl)s1. The Morgan fingerprint density at radius 3 is 2.30 bits per heavy atom. The topological polar surface area (TPSA) is 12.0 Å². The first kappa shape index (κ1) is 15.8. The average molecular weight is 385 g/mol. The standard InChI is InChI=1S/C13H10BrClF3NS/c1-2-19-12(10-5-7(14)13(15)20-10)6-3-8(16)11(18)9(17)4-6/h3-5,12,19H,2H2,1H3. The molecule has 1 unspecified atom stereocenters. The molecule has 7 heteroatoms. The fourth-order valence-electron chi connectivity index (χ4n) is 1.83. The van der Waals surface area contributed by atoms with Gasteiger partial charge in [-0.15, -0.1) is 11.3 Å². The quantitative estimate of drug-likeness (QED) is 0.707. The first-order valence-corrected chi connectivity index (χ1v) is 7.75. The van der Waals surface area contributed by atoms with Gasteiger partial charge in [-0.3, -0.25) is 0 Å². The van der Waals surface area contributed by atoms with Crippen molar-refractivity contribution >= 4 is 38.9 Å². The van der Waals surface area contributed by atoms with Gasteiger partial charge in [0.05, 0.1) is 6.04 Å². The zero-order valence-electron chi connectivity index (χ0n) is 10.3. The number of thiophene rings is 1. The minimum atomic E-state index is -1.46. The van der Waals surface area contributed by atoms with E-state index in [-0.39, 0.29) is 0 Å². The Bertz CT molecular complexity index is 590. The normalized spacial score (nSPS) is 12.7. The van der Waals surface area contributed by atoms with Crippen LogP contribution in [0.25, 0.3) is 0 Å². The van der Waals surface area contributed by atoms with Crippen molar-refractivity contribution in [2.45, 2.75) is 13.0 Å².